The molecule has 1 aromatic heterocycles. The topological polar surface area (TPSA) is 99.6 Å². The second-order valence-electron chi connectivity index (χ2n) is 4.59. The highest BCUT2D eigenvalue weighted by Crippen LogP contribution is 2.19. The molecule has 2 amide bonds. The van der Waals surface area contributed by atoms with Gasteiger partial charge in [0.15, 0.2) is 0 Å². The SMILES string of the molecule is CCN1CC(C(=O)Nc2cncc(C(=O)O)c2)CC1=O. The Balaban J connectivity index is 2.03. The number of nitrogens with one attached hydrogen (secondary N) is 1. The molecular weight excluding hydrogens is 262 g/mol. The fraction of sp³-hybridized carbons (Fsp3) is 0.385. The molecule has 0 radical (unpaired) electrons. The number of hydrogen-bond acceptors (Lipinski definition) is 4. The summed E-state index contributed by atoms with van der Waals surface area (Å²) in [5.41, 5.74) is 0.317. The summed E-state index contributed by atoms with van der Waals surface area (Å²) >= 11 is 0. The van der Waals surface area contributed by atoms with E-state index in [4.69, 9.17) is 5.11 Å². The summed E-state index contributed by atoms with van der Waals surface area (Å²) in [6.45, 7) is 2.84. The van der Waals surface area contributed by atoms with E-state index in [1.165, 1.54) is 18.5 Å². The zero-order valence-corrected chi connectivity index (χ0v) is 11.0. The average molecular weight is 277 g/mol. The zero-order chi connectivity index (χ0) is 14.7. The summed E-state index contributed by atoms with van der Waals surface area (Å²) < 4.78 is 0. The van der Waals surface area contributed by atoms with Crippen molar-refractivity contribution in [2.45, 2.75) is 13.3 Å². The number of aromatic nitrogens is 1. The first-order valence-electron chi connectivity index (χ1n) is 6.28. The second kappa shape index (κ2) is 5.68. The van der Waals surface area contributed by atoms with Gasteiger partial charge in [-0.3, -0.25) is 14.6 Å². The van der Waals surface area contributed by atoms with E-state index in [0.717, 1.165) is 0 Å². The van der Waals surface area contributed by atoms with Crippen LogP contribution in [0.4, 0.5) is 5.69 Å². The van der Waals surface area contributed by atoms with Gasteiger partial charge in [0, 0.05) is 25.7 Å². The number of amides is 2. The number of carbonyl (C=O) groups is 3. The first kappa shape index (κ1) is 14.0. The molecule has 1 saturated heterocycles. The third kappa shape index (κ3) is 2.93. The lowest BCUT2D eigenvalue weighted by Crippen LogP contribution is -2.28. The average Bonchev–Trinajstić information content (AvgIpc) is 2.80. The largest absolute Gasteiger partial charge is 0.478 e. The molecule has 0 saturated carbocycles. The quantitative estimate of drug-likeness (QED) is 0.839. The van der Waals surface area contributed by atoms with Crippen molar-refractivity contribution in [2.24, 2.45) is 5.92 Å². The Bertz CT molecular complexity index is 558. The lowest BCUT2D eigenvalue weighted by molar-refractivity contribution is -0.128. The van der Waals surface area contributed by atoms with Gasteiger partial charge in [-0.15, -0.1) is 0 Å². The number of nitrogens with zero attached hydrogens (tertiary/aromatic N) is 2. The molecule has 1 aromatic rings. The molecule has 7 nitrogen and oxygen atoms in total. The lowest BCUT2D eigenvalue weighted by atomic mass is 10.1. The fourth-order valence-electron chi connectivity index (χ4n) is 2.12. The number of anilines is 1. The van der Waals surface area contributed by atoms with Gasteiger partial charge >= 0.3 is 5.97 Å². The summed E-state index contributed by atoms with van der Waals surface area (Å²) in [4.78, 5) is 39.8. The number of carbonyl (C=O) groups excluding carboxylic acids is 2. The number of carboxylic acids is 1. The van der Waals surface area contributed by atoms with E-state index in [1.807, 2.05) is 6.92 Å². The van der Waals surface area contributed by atoms with Gasteiger partial charge in [0.05, 0.1) is 23.4 Å². The van der Waals surface area contributed by atoms with Gasteiger partial charge in [-0.1, -0.05) is 0 Å². The van der Waals surface area contributed by atoms with Crippen LogP contribution in [0.25, 0.3) is 0 Å². The van der Waals surface area contributed by atoms with Gasteiger partial charge in [0.25, 0.3) is 0 Å². The van der Waals surface area contributed by atoms with Crippen LogP contribution in [-0.4, -0.2) is 45.9 Å². The molecule has 1 fully saturated rings. The molecule has 106 valence electrons. The number of aromatic carboxylic acids is 1. The fourth-order valence-corrected chi connectivity index (χ4v) is 2.12. The van der Waals surface area contributed by atoms with Crippen LogP contribution >= 0.6 is 0 Å². The van der Waals surface area contributed by atoms with Gasteiger partial charge < -0.3 is 15.3 Å². The molecule has 7 heteroatoms. The van der Waals surface area contributed by atoms with Crippen LogP contribution in [0.1, 0.15) is 23.7 Å². The predicted octanol–water partition coefficient (Wildman–Crippen LogP) is 0.587. The monoisotopic (exact) mass is 277 g/mol. The summed E-state index contributed by atoms with van der Waals surface area (Å²) in [5.74, 6) is -1.85. The Morgan fingerprint density at radius 3 is 2.85 bits per heavy atom. The molecule has 20 heavy (non-hydrogen) atoms. The maximum Gasteiger partial charge on any atom is 0.337 e. The van der Waals surface area contributed by atoms with E-state index in [9.17, 15) is 14.4 Å². The van der Waals surface area contributed by atoms with E-state index in [2.05, 4.69) is 10.3 Å². The Labute approximate surface area is 115 Å². The molecule has 0 aromatic carbocycles. The molecule has 0 spiro atoms. The first-order chi connectivity index (χ1) is 9.51. The van der Waals surface area contributed by atoms with E-state index in [-0.39, 0.29) is 23.8 Å². The summed E-state index contributed by atoms with van der Waals surface area (Å²) in [7, 11) is 0. The van der Waals surface area contributed by atoms with E-state index in [1.54, 1.807) is 4.90 Å². The summed E-state index contributed by atoms with van der Waals surface area (Å²) in [5, 5.41) is 11.5. The van der Waals surface area contributed by atoms with Gasteiger partial charge in [0.2, 0.25) is 11.8 Å². The highest BCUT2D eigenvalue weighted by Gasteiger charge is 2.33. The van der Waals surface area contributed by atoms with Crippen molar-refractivity contribution >= 4 is 23.5 Å². The number of likely N-dealkylation sites (tertiary alicyclic amines) is 1. The standard InChI is InChI=1S/C13H15N3O4/c1-2-16-7-9(4-11(16)17)12(18)15-10-3-8(13(19)20)5-14-6-10/h3,5-6,9H,2,4,7H2,1H3,(H,15,18)(H,19,20). The molecule has 2 rings (SSSR count). The van der Waals surface area contributed by atoms with E-state index >= 15 is 0 Å². The molecule has 1 unspecified atom stereocenters. The Hall–Kier alpha value is -2.44. The normalized spacial score (nSPS) is 18.1. The van der Waals surface area contributed by atoms with Crippen molar-refractivity contribution in [3.63, 3.8) is 0 Å². The highest BCUT2D eigenvalue weighted by molar-refractivity contribution is 5.98. The van der Waals surface area contributed by atoms with Crippen LogP contribution in [0.2, 0.25) is 0 Å². The molecule has 0 bridgehead atoms. The number of rotatable bonds is 4. The van der Waals surface area contributed by atoms with Crippen LogP contribution < -0.4 is 5.32 Å². The predicted molar refractivity (Wildman–Crippen MR) is 70.2 cm³/mol. The van der Waals surface area contributed by atoms with E-state index < -0.39 is 11.9 Å². The maximum absolute atomic E-state index is 12.0. The number of pyridine rings is 1. The highest BCUT2D eigenvalue weighted by atomic mass is 16.4. The van der Waals surface area contributed by atoms with Crippen LogP contribution in [-0.2, 0) is 9.59 Å². The van der Waals surface area contributed by atoms with Crippen LogP contribution in [0.5, 0.6) is 0 Å². The van der Waals surface area contributed by atoms with Crippen molar-refractivity contribution in [1.29, 1.82) is 0 Å². The van der Waals surface area contributed by atoms with Crippen LogP contribution in [0.3, 0.4) is 0 Å². The van der Waals surface area contributed by atoms with Crippen molar-refractivity contribution < 1.29 is 19.5 Å². The first-order valence-corrected chi connectivity index (χ1v) is 6.28. The molecular formula is C13H15N3O4. The molecule has 1 aliphatic heterocycles. The van der Waals surface area contributed by atoms with Crippen molar-refractivity contribution in [3.05, 3.63) is 24.0 Å². The Kier molecular flexibility index (Phi) is 3.97. The molecule has 2 N–H and O–H groups in total. The van der Waals surface area contributed by atoms with Gasteiger partial charge in [0.1, 0.15) is 0 Å². The van der Waals surface area contributed by atoms with E-state index in [0.29, 0.717) is 18.8 Å². The molecule has 1 atom stereocenters. The lowest BCUT2D eigenvalue weighted by Gasteiger charge is -2.13. The van der Waals surface area contributed by atoms with Crippen LogP contribution in [0, 0.1) is 5.92 Å². The Morgan fingerprint density at radius 1 is 1.50 bits per heavy atom. The minimum Gasteiger partial charge on any atom is -0.478 e. The van der Waals surface area contributed by atoms with Gasteiger partial charge in [-0.2, -0.15) is 0 Å². The minimum atomic E-state index is -1.11. The number of hydrogen-bond donors (Lipinski definition) is 2. The smallest absolute Gasteiger partial charge is 0.337 e. The molecule has 2 heterocycles. The van der Waals surface area contributed by atoms with Crippen LogP contribution in [0.15, 0.2) is 18.5 Å². The molecule has 0 aliphatic carbocycles. The minimum absolute atomic E-state index is 0.000447. The molecule has 1 aliphatic rings. The third-order valence-electron chi connectivity index (χ3n) is 3.22. The number of carboxylic acid groups (broad SMARTS) is 1. The zero-order valence-electron chi connectivity index (χ0n) is 11.0. The third-order valence-corrected chi connectivity index (χ3v) is 3.22. The Morgan fingerprint density at radius 2 is 2.25 bits per heavy atom. The summed E-state index contributed by atoms with van der Waals surface area (Å²) in [6, 6.07) is 1.33. The second-order valence-corrected chi connectivity index (χ2v) is 4.59. The van der Waals surface area contributed by atoms with Gasteiger partial charge in [-0.25, -0.2) is 4.79 Å². The van der Waals surface area contributed by atoms with Crippen molar-refractivity contribution in [2.75, 3.05) is 18.4 Å². The van der Waals surface area contributed by atoms with Crippen molar-refractivity contribution in [1.82, 2.24) is 9.88 Å². The van der Waals surface area contributed by atoms with Gasteiger partial charge in [-0.05, 0) is 13.0 Å². The maximum atomic E-state index is 12.0. The van der Waals surface area contributed by atoms with Crippen molar-refractivity contribution in [3.8, 4) is 0 Å². The summed E-state index contributed by atoms with van der Waals surface area (Å²) in [6.07, 6.45) is 2.76.